The Labute approximate surface area is 207 Å². The molecule has 0 atom stereocenters. The number of carboxylic acid groups (broad SMARTS) is 1. The first-order valence-corrected chi connectivity index (χ1v) is 9.20. The van der Waals surface area contributed by atoms with Gasteiger partial charge < -0.3 is 19.2 Å². The number of rotatable bonds is 7. The molecule has 0 N–H and O–H groups in total. The summed E-state index contributed by atoms with van der Waals surface area (Å²) in [6.07, 6.45) is 1.07. The third-order valence-electron chi connectivity index (χ3n) is 4.82. The predicted molar refractivity (Wildman–Crippen MR) is 102 cm³/mol. The van der Waals surface area contributed by atoms with Crippen LogP contribution in [0.3, 0.4) is 0 Å². The van der Waals surface area contributed by atoms with Crippen LogP contribution < -0.4 is 61.2 Å². The zero-order valence-corrected chi connectivity index (χ0v) is 20.3. The standard InChI is InChI=1S/C21H25N3O3.K/c1-5-27-17-11-9-16(10-12-17)24-14(3)20-13(2)22-23-18(21(20)15(24)4)7-6-8-19(25)26;/h9-12H,5-8H2,1-4H3,(H,25,26);/q;+1/p-1. The molecule has 6 nitrogen and oxygen atoms in total. The third-order valence-corrected chi connectivity index (χ3v) is 4.82. The zero-order valence-electron chi connectivity index (χ0n) is 17.2. The molecule has 3 rings (SSSR count). The summed E-state index contributed by atoms with van der Waals surface area (Å²) in [7, 11) is 0. The van der Waals surface area contributed by atoms with E-state index in [1.807, 2.05) is 38.1 Å². The fourth-order valence-electron chi connectivity index (χ4n) is 3.69. The quantitative estimate of drug-likeness (QED) is 0.510. The number of hydrogen-bond acceptors (Lipinski definition) is 5. The van der Waals surface area contributed by atoms with E-state index in [9.17, 15) is 9.90 Å². The van der Waals surface area contributed by atoms with Gasteiger partial charge in [0.05, 0.1) is 18.0 Å². The van der Waals surface area contributed by atoms with Crippen LogP contribution >= 0.6 is 0 Å². The van der Waals surface area contributed by atoms with Crippen LogP contribution in [0.5, 0.6) is 5.75 Å². The van der Waals surface area contributed by atoms with Crippen LogP contribution in [0.15, 0.2) is 24.3 Å². The molecule has 0 saturated heterocycles. The normalized spacial score (nSPS) is 10.7. The van der Waals surface area contributed by atoms with E-state index in [1.165, 1.54) is 0 Å². The van der Waals surface area contributed by atoms with Crippen LogP contribution in [0.1, 0.15) is 42.5 Å². The molecule has 0 fully saturated rings. The summed E-state index contributed by atoms with van der Waals surface area (Å²) in [6, 6.07) is 8.00. The van der Waals surface area contributed by atoms with Crippen LogP contribution in [0.2, 0.25) is 0 Å². The van der Waals surface area contributed by atoms with Gasteiger partial charge in [0.25, 0.3) is 0 Å². The van der Waals surface area contributed by atoms with Gasteiger partial charge in [-0.05, 0) is 71.2 Å². The average molecular weight is 406 g/mol. The number of ether oxygens (including phenoxy) is 1. The number of carbonyl (C=O) groups excluding carboxylic acids is 1. The summed E-state index contributed by atoms with van der Waals surface area (Å²) in [6.45, 7) is 8.69. The summed E-state index contributed by atoms with van der Waals surface area (Å²) in [5.74, 6) is -0.193. The van der Waals surface area contributed by atoms with Crippen molar-refractivity contribution in [3.8, 4) is 11.4 Å². The summed E-state index contributed by atoms with van der Waals surface area (Å²) < 4.78 is 7.73. The van der Waals surface area contributed by atoms with Gasteiger partial charge in [-0.2, -0.15) is 10.2 Å². The molecule has 0 radical (unpaired) electrons. The monoisotopic (exact) mass is 405 g/mol. The summed E-state index contributed by atoms with van der Waals surface area (Å²) in [4.78, 5) is 10.7. The predicted octanol–water partition coefficient (Wildman–Crippen LogP) is -0.179. The van der Waals surface area contributed by atoms with Crippen LogP contribution in [-0.4, -0.2) is 27.3 Å². The molecule has 28 heavy (non-hydrogen) atoms. The summed E-state index contributed by atoms with van der Waals surface area (Å²) >= 11 is 0. The largest absolute Gasteiger partial charge is 1.00 e. The van der Waals surface area contributed by atoms with Gasteiger partial charge in [-0.1, -0.05) is 0 Å². The molecule has 2 aromatic heterocycles. The molecule has 1 aromatic carbocycles. The molecule has 3 aromatic rings. The first-order valence-electron chi connectivity index (χ1n) is 9.20. The smallest absolute Gasteiger partial charge is 0.550 e. The second-order valence-corrected chi connectivity index (χ2v) is 6.64. The van der Waals surface area contributed by atoms with Gasteiger partial charge in [-0.3, -0.25) is 0 Å². The second-order valence-electron chi connectivity index (χ2n) is 6.64. The Bertz CT molecular complexity index is 981. The van der Waals surface area contributed by atoms with Crippen molar-refractivity contribution in [2.24, 2.45) is 0 Å². The minimum Gasteiger partial charge on any atom is -0.550 e. The number of aliphatic carboxylic acids is 1. The van der Waals surface area contributed by atoms with Crippen molar-refractivity contribution >= 4 is 16.7 Å². The number of hydrogen-bond donors (Lipinski definition) is 0. The van der Waals surface area contributed by atoms with E-state index in [0.717, 1.165) is 45.0 Å². The Morgan fingerprint density at radius 1 is 1.07 bits per heavy atom. The Hall–Kier alpha value is -1.25. The number of benzene rings is 1. The average Bonchev–Trinajstić information content (AvgIpc) is 2.90. The minimum atomic E-state index is -1.04. The van der Waals surface area contributed by atoms with E-state index >= 15 is 0 Å². The SMILES string of the molecule is CCOc1ccc(-n2c(C)c3c(C)nnc(CCCC(=O)[O-])c3c2C)cc1.[K+]. The number of carbonyl (C=O) groups is 1. The van der Waals surface area contributed by atoms with Gasteiger partial charge in [0.2, 0.25) is 0 Å². The number of aryl methyl sites for hydroxylation is 4. The first kappa shape index (κ1) is 23.0. The molecule has 0 unspecified atom stereocenters. The minimum absolute atomic E-state index is 0. The van der Waals surface area contributed by atoms with Crippen molar-refractivity contribution in [1.29, 1.82) is 0 Å². The number of nitrogens with zero attached hydrogens (tertiary/aromatic N) is 3. The van der Waals surface area contributed by atoms with Crippen LogP contribution in [0, 0.1) is 20.8 Å². The van der Waals surface area contributed by atoms with E-state index in [4.69, 9.17) is 4.74 Å². The molecule has 0 saturated carbocycles. The van der Waals surface area contributed by atoms with Gasteiger partial charge >= 0.3 is 51.4 Å². The van der Waals surface area contributed by atoms with Crippen LogP contribution in [0.25, 0.3) is 16.5 Å². The van der Waals surface area contributed by atoms with Crippen molar-refractivity contribution in [1.82, 2.24) is 14.8 Å². The summed E-state index contributed by atoms with van der Waals surface area (Å²) in [5.41, 5.74) is 4.93. The van der Waals surface area contributed by atoms with E-state index in [0.29, 0.717) is 19.4 Å². The summed E-state index contributed by atoms with van der Waals surface area (Å²) in [5, 5.41) is 21.5. The number of carboxylic acids is 1. The van der Waals surface area contributed by atoms with Gasteiger partial charge in [0.1, 0.15) is 5.75 Å². The van der Waals surface area contributed by atoms with Crippen LogP contribution in [-0.2, 0) is 11.2 Å². The van der Waals surface area contributed by atoms with E-state index < -0.39 is 5.97 Å². The first-order chi connectivity index (χ1) is 12.9. The molecule has 0 aliphatic carbocycles. The Morgan fingerprint density at radius 2 is 1.71 bits per heavy atom. The van der Waals surface area contributed by atoms with Crippen molar-refractivity contribution in [2.45, 2.75) is 47.0 Å². The molecule has 2 heterocycles. The van der Waals surface area contributed by atoms with E-state index in [2.05, 4.69) is 28.6 Å². The fraction of sp³-hybridized carbons (Fsp3) is 0.381. The number of fused-ring (bicyclic) bond motifs is 1. The van der Waals surface area contributed by atoms with Crippen molar-refractivity contribution in [2.75, 3.05) is 6.61 Å². The van der Waals surface area contributed by atoms with Crippen molar-refractivity contribution in [3.63, 3.8) is 0 Å². The number of aromatic nitrogens is 3. The molecule has 0 spiro atoms. The van der Waals surface area contributed by atoms with Gasteiger partial charge in [0.15, 0.2) is 0 Å². The molecule has 0 amide bonds. The van der Waals surface area contributed by atoms with E-state index in [-0.39, 0.29) is 57.8 Å². The molecule has 142 valence electrons. The zero-order chi connectivity index (χ0) is 19.6. The molecular formula is C21H24KN3O3. The topological polar surface area (TPSA) is 80.1 Å². The Balaban J connectivity index is 0.00000280. The molecular weight excluding hydrogens is 381 g/mol. The van der Waals surface area contributed by atoms with Crippen molar-refractivity contribution < 1.29 is 66.0 Å². The molecule has 7 heteroatoms. The Kier molecular flexibility index (Phi) is 8.21. The fourth-order valence-corrected chi connectivity index (χ4v) is 3.69. The molecule has 0 aliphatic heterocycles. The van der Waals surface area contributed by atoms with Crippen molar-refractivity contribution in [3.05, 3.63) is 47.0 Å². The third kappa shape index (κ3) is 4.66. The van der Waals surface area contributed by atoms with Gasteiger partial charge in [-0.15, -0.1) is 0 Å². The maximum absolute atomic E-state index is 10.7. The van der Waals surface area contributed by atoms with Gasteiger partial charge in [0, 0.05) is 33.8 Å². The van der Waals surface area contributed by atoms with Gasteiger partial charge in [-0.25, -0.2) is 0 Å². The Morgan fingerprint density at radius 3 is 2.32 bits per heavy atom. The maximum Gasteiger partial charge on any atom is 1.00 e. The van der Waals surface area contributed by atoms with Crippen LogP contribution in [0.4, 0.5) is 0 Å². The molecule has 0 bridgehead atoms. The maximum atomic E-state index is 10.7. The second kappa shape index (κ2) is 9.98. The molecule has 0 aliphatic rings. The van der Waals surface area contributed by atoms with E-state index in [1.54, 1.807) is 0 Å².